The predicted octanol–water partition coefficient (Wildman–Crippen LogP) is 5.34. The molecule has 1 aromatic carbocycles. The number of hydrogen-bond acceptors (Lipinski definition) is 9. The molecule has 2 saturated carbocycles. The van der Waals surface area contributed by atoms with Crippen molar-refractivity contribution in [3.05, 3.63) is 46.8 Å². The third-order valence-corrected chi connectivity index (χ3v) is 15.1. The van der Waals surface area contributed by atoms with Crippen molar-refractivity contribution in [3.8, 4) is 5.88 Å². The van der Waals surface area contributed by atoms with Crippen molar-refractivity contribution in [2.75, 3.05) is 0 Å². The van der Waals surface area contributed by atoms with Crippen molar-refractivity contribution in [1.29, 1.82) is 0 Å². The highest BCUT2D eigenvalue weighted by Crippen LogP contribution is 2.51. The summed E-state index contributed by atoms with van der Waals surface area (Å²) in [5.74, 6) is -5.52. The molecule has 1 saturated heterocycles. The molecule has 0 bridgehead atoms. The van der Waals surface area contributed by atoms with Crippen molar-refractivity contribution < 1.29 is 46.2 Å². The third-order valence-electron chi connectivity index (χ3n) is 12.9. The smallest absolute Gasteiger partial charge is 0.408 e. The Morgan fingerprint density at radius 1 is 1.08 bits per heavy atom. The van der Waals surface area contributed by atoms with Crippen molar-refractivity contribution >= 4 is 44.6 Å². The first-order chi connectivity index (χ1) is 27.4. The van der Waals surface area contributed by atoms with E-state index in [9.17, 15) is 32.7 Å². The van der Waals surface area contributed by atoms with Gasteiger partial charge in [-0.15, -0.1) is 5.10 Å². The number of rotatable bonds is 9. The van der Waals surface area contributed by atoms with Crippen molar-refractivity contribution in [2.24, 2.45) is 17.8 Å². The van der Waals surface area contributed by atoms with Crippen LogP contribution in [0.2, 0.25) is 0 Å². The number of carboxylic acid groups (broad SMARTS) is 1. The Labute approximate surface area is 342 Å². The van der Waals surface area contributed by atoms with Gasteiger partial charge in [0.25, 0.3) is 17.4 Å². The van der Waals surface area contributed by atoms with Crippen LogP contribution in [0.1, 0.15) is 113 Å². The zero-order valence-electron chi connectivity index (χ0n) is 34.8. The van der Waals surface area contributed by atoms with Crippen LogP contribution in [0.15, 0.2) is 41.2 Å². The number of hydrogen-bond donors (Lipinski definition) is 3. The average molecular weight is 847 g/mol. The van der Waals surface area contributed by atoms with Gasteiger partial charge in [0.2, 0.25) is 21.8 Å². The lowest BCUT2D eigenvalue weighted by Crippen LogP contribution is -2.64. The van der Waals surface area contributed by atoms with Crippen LogP contribution in [-0.4, -0.2) is 97.0 Å². The molecule has 4 amide bonds. The Bertz CT molecular complexity index is 2230. The van der Waals surface area contributed by atoms with E-state index in [4.69, 9.17) is 4.74 Å². The number of nitrogens with one attached hydrogen (secondary N) is 2. The van der Waals surface area contributed by atoms with E-state index in [2.05, 4.69) is 15.1 Å². The quantitative estimate of drug-likeness (QED) is 0.219. The van der Waals surface area contributed by atoms with Gasteiger partial charge >= 0.3 is 12.1 Å². The van der Waals surface area contributed by atoms with E-state index in [1.54, 1.807) is 52.8 Å². The number of alkyl halides is 2. The number of nitrogens with zero attached hydrogens (tertiary/aromatic N) is 4. The van der Waals surface area contributed by atoms with E-state index < -0.39 is 104 Å². The van der Waals surface area contributed by atoms with Gasteiger partial charge in [-0.1, -0.05) is 45.1 Å². The molecule has 15 nitrogen and oxygen atoms in total. The molecule has 0 radical (unpaired) electrons. The minimum atomic E-state index is -4.34. The third kappa shape index (κ3) is 7.69. The fraction of sp³-hybridized carbons (Fsp3) is 0.659. The molecule has 1 aromatic heterocycles. The SMILES string of the molecule is CCC(C)N(C(=O)O)[C@@H]1C(=O)N2[C@@H](C[C@@](C)(Oc3nn(C(C)C)c(=O)c4ccccc34)C2(F)F)C(=O)N[C@]2(C(=O)NS(=O)(=O)C3(C)CC3)C[C@H]2/C=C\CC[C@H](C)C[C@H]1C. The Kier molecular flexibility index (Phi) is 11.5. The van der Waals surface area contributed by atoms with E-state index in [1.165, 1.54) is 19.1 Å². The number of allylic oxidation sites excluding steroid dienone is 1. The molecule has 8 atom stereocenters. The maximum absolute atomic E-state index is 17.7. The monoisotopic (exact) mass is 846 g/mol. The maximum atomic E-state index is 17.7. The van der Waals surface area contributed by atoms with Crippen LogP contribution in [0, 0.1) is 17.8 Å². The molecule has 4 aliphatic rings. The highest BCUT2D eigenvalue weighted by Gasteiger charge is 2.71. The van der Waals surface area contributed by atoms with E-state index in [-0.39, 0.29) is 46.7 Å². The van der Waals surface area contributed by atoms with Crippen LogP contribution >= 0.6 is 0 Å². The average Bonchev–Trinajstić information content (AvgIpc) is 4.06. The second kappa shape index (κ2) is 15.4. The summed E-state index contributed by atoms with van der Waals surface area (Å²) in [7, 11) is -4.18. The second-order valence-corrected chi connectivity index (χ2v) is 20.1. The molecule has 3 heterocycles. The zero-order valence-corrected chi connectivity index (χ0v) is 35.6. The first-order valence-electron chi connectivity index (χ1n) is 20.4. The van der Waals surface area contributed by atoms with Crippen molar-refractivity contribution in [3.63, 3.8) is 0 Å². The second-order valence-electron chi connectivity index (χ2n) is 17.9. The lowest BCUT2D eigenvalue weighted by atomic mass is 9.86. The van der Waals surface area contributed by atoms with Crippen LogP contribution in [-0.2, 0) is 24.4 Å². The number of sulfonamides is 1. The van der Waals surface area contributed by atoms with Crippen LogP contribution in [0.25, 0.3) is 10.8 Å². The molecule has 6 rings (SSSR count). The summed E-state index contributed by atoms with van der Waals surface area (Å²) < 4.78 is 70.2. The highest BCUT2D eigenvalue weighted by atomic mass is 32.2. The summed E-state index contributed by atoms with van der Waals surface area (Å²) in [6.07, 6.45) is 3.36. The van der Waals surface area contributed by atoms with Crippen LogP contribution in [0.3, 0.4) is 0 Å². The van der Waals surface area contributed by atoms with Crippen molar-refractivity contribution in [1.82, 2.24) is 29.6 Å². The highest BCUT2D eigenvalue weighted by molar-refractivity contribution is 7.91. The van der Waals surface area contributed by atoms with Gasteiger partial charge in [-0.25, -0.2) is 17.9 Å². The maximum Gasteiger partial charge on any atom is 0.408 e. The Balaban J connectivity index is 1.51. The number of aromatic nitrogens is 2. The Morgan fingerprint density at radius 2 is 1.73 bits per heavy atom. The number of halogens is 2. The molecule has 18 heteroatoms. The van der Waals surface area contributed by atoms with Gasteiger partial charge in [0.1, 0.15) is 17.6 Å². The van der Waals surface area contributed by atoms with Gasteiger partial charge in [0.05, 0.1) is 21.6 Å². The number of carbonyl (C=O) groups is 4. The lowest BCUT2D eigenvalue weighted by molar-refractivity contribution is -0.219. The summed E-state index contributed by atoms with van der Waals surface area (Å²) >= 11 is 0. The van der Waals surface area contributed by atoms with Crippen molar-refractivity contribution in [2.45, 2.75) is 153 Å². The molecule has 324 valence electrons. The molecule has 3 fully saturated rings. The predicted molar refractivity (Wildman–Crippen MR) is 214 cm³/mol. The summed E-state index contributed by atoms with van der Waals surface area (Å²) in [5, 5.41) is 17.7. The Hall–Kier alpha value is -4.61. The van der Waals surface area contributed by atoms with E-state index in [0.29, 0.717) is 25.7 Å². The Morgan fingerprint density at radius 3 is 2.32 bits per heavy atom. The van der Waals surface area contributed by atoms with Gasteiger partial charge in [0, 0.05) is 18.4 Å². The summed E-state index contributed by atoms with van der Waals surface area (Å²) in [6, 6.07) is -3.23. The molecular formula is C41H56F2N6O9S. The van der Waals surface area contributed by atoms with Gasteiger partial charge in [0.15, 0.2) is 5.60 Å². The molecular weight excluding hydrogens is 791 g/mol. The normalized spacial score (nSPS) is 31.5. The van der Waals surface area contributed by atoms with Gasteiger partial charge in [-0.05, 0) is 104 Å². The fourth-order valence-corrected chi connectivity index (χ4v) is 9.91. The minimum Gasteiger partial charge on any atom is -0.465 e. The van der Waals surface area contributed by atoms with Gasteiger partial charge in [-0.2, -0.15) is 8.78 Å². The number of benzene rings is 1. The van der Waals surface area contributed by atoms with E-state index in [0.717, 1.165) is 16.5 Å². The topological polar surface area (TPSA) is 197 Å². The van der Waals surface area contributed by atoms with Gasteiger partial charge < -0.3 is 15.2 Å². The van der Waals surface area contributed by atoms with Crippen LogP contribution < -0.4 is 20.3 Å². The number of carbonyl (C=O) groups excluding carboxylic acids is 3. The van der Waals surface area contributed by atoms with Crippen LogP contribution in [0.4, 0.5) is 13.6 Å². The first-order valence-corrected chi connectivity index (χ1v) is 21.9. The molecule has 2 aromatic rings. The standard InChI is InChI=1S/C41H56F2N6O9S/c1-9-26(6)47(37(54)55)31-25(5)20-24(4)14-10-11-15-27-21-40(27,36(53)46-59(56,57)38(7)18-19-38)44-32(50)30-22-39(8,41(42,43)48(30)35(31)52)58-33-28-16-12-13-17-29(28)34(51)49(45-33)23(2)3/h11-13,15-17,23-27,30-31H,9-10,14,18-22H2,1-8H3,(H,44,50)(H,46,53)(H,54,55)/b15-11-/t24-,25+,26?,27+,30-,31-,39+,40+/m0/s1. The lowest BCUT2D eigenvalue weighted by Gasteiger charge is -2.42. The summed E-state index contributed by atoms with van der Waals surface area (Å²) in [5.41, 5.74) is -5.07. The zero-order chi connectivity index (χ0) is 43.6. The number of amides is 4. The number of fused-ring (bicyclic) bond motifs is 3. The fourth-order valence-electron chi connectivity index (χ4n) is 8.60. The van der Waals surface area contributed by atoms with Gasteiger partial charge in [-0.3, -0.25) is 33.7 Å². The first kappa shape index (κ1) is 44.0. The summed E-state index contributed by atoms with van der Waals surface area (Å²) in [6.45, 7) is 12.7. The van der Waals surface area contributed by atoms with E-state index >= 15 is 13.6 Å². The summed E-state index contributed by atoms with van der Waals surface area (Å²) in [4.78, 5) is 71.2. The minimum absolute atomic E-state index is 0.0409. The molecule has 59 heavy (non-hydrogen) atoms. The van der Waals surface area contributed by atoms with E-state index in [1.807, 2.05) is 13.0 Å². The molecule has 2 aliphatic heterocycles. The number of ether oxygens (including phenoxy) is 1. The van der Waals surface area contributed by atoms with Crippen LogP contribution in [0.5, 0.6) is 5.88 Å². The molecule has 0 spiro atoms. The molecule has 1 unspecified atom stereocenters. The largest absolute Gasteiger partial charge is 0.465 e. The molecule has 2 aliphatic carbocycles. The molecule has 3 N–H and O–H groups in total.